The molecule has 1 aromatic carbocycles. The van der Waals surface area contributed by atoms with Crippen LogP contribution in [-0.2, 0) is 0 Å². The fourth-order valence-corrected chi connectivity index (χ4v) is 2.45. The summed E-state index contributed by atoms with van der Waals surface area (Å²) in [4.78, 5) is 0. The van der Waals surface area contributed by atoms with Crippen LogP contribution in [-0.4, -0.2) is 0 Å². The minimum atomic E-state index is -0.242. The molecule has 16 heavy (non-hydrogen) atoms. The van der Waals surface area contributed by atoms with Crippen LogP contribution in [0.3, 0.4) is 0 Å². The van der Waals surface area contributed by atoms with E-state index in [1.54, 1.807) is 0 Å². The van der Waals surface area contributed by atoms with E-state index < -0.39 is 0 Å². The van der Waals surface area contributed by atoms with Gasteiger partial charge in [0.25, 0.3) is 0 Å². The van der Waals surface area contributed by atoms with E-state index in [4.69, 9.17) is 5.84 Å². The fraction of sp³-hybridized carbons (Fsp3) is 0.500. The van der Waals surface area contributed by atoms with Crippen LogP contribution in [0.1, 0.15) is 38.3 Å². The van der Waals surface area contributed by atoms with Crippen molar-refractivity contribution in [1.82, 2.24) is 5.43 Å². The molecule has 1 aromatic rings. The quantitative estimate of drug-likeness (QED) is 0.643. The van der Waals surface area contributed by atoms with Gasteiger partial charge in [0.05, 0.1) is 0 Å². The lowest BCUT2D eigenvalue weighted by Crippen LogP contribution is -2.32. The summed E-state index contributed by atoms with van der Waals surface area (Å²) in [5.41, 5.74) is 3.65. The van der Waals surface area contributed by atoms with Gasteiger partial charge in [-0.05, 0) is 36.1 Å². The Morgan fingerprint density at radius 1 is 1.44 bits per heavy atom. The summed E-state index contributed by atoms with van der Waals surface area (Å²) in [6.07, 6.45) is 2.15. The second kappa shape index (κ2) is 6.33. The molecule has 90 valence electrons. The van der Waals surface area contributed by atoms with Crippen LogP contribution < -0.4 is 11.3 Å². The monoisotopic (exact) mass is 288 g/mol. The van der Waals surface area contributed by atoms with E-state index in [9.17, 15) is 4.39 Å². The highest BCUT2D eigenvalue weighted by Gasteiger charge is 2.18. The molecular formula is C12H18BrFN2. The summed E-state index contributed by atoms with van der Waals surface area (Å²) >= 11 is 3.29. The molecule has 0 aromatic heterocycles. The maximum Gasteiger partial charge on any atom is 0.124 e. The molecule has 0 spiro atoms. The highest BCUT2D eigenvalue weighted by atomic mass is 79.9. The molecular weight excluding hydrogens is 271 g/mol. The first-order valence-electron chi connectivity index (χ1n) is 5.50. The van der Waals surface area contributed by atoms with Crippen LogP contribution >= 0.6 is 15.9 Å². The molecule has 0 amide bonds. The van der Waals surface area contributed by atoms with Crippen molar-refractivity contribution in [2.75, 3.05) is 0 Å². The third-order valence-electron chi connectivity index (χ3n) is 2.74. The van der Waals surface area contributed by atoms with Crippen molar-refractivity contribution in [3.05, 3.63) is 34.1 Å². The Bertz CT molecular complexity index is 324. The molecule has 4 heteroatoms. The standard InChI is InChI=1S/C12H18BrFN2/c1-3-4-8(2)12(16-15)9-5-10(13)7-11(14)6-9/h5-8,12,16H,3-4,15H2,1-2H3. The maximum atomic E-state index is 13.3. The zero-order valence-electron chi connectivity index (χ0n) is 9.63. The van der Waals surface area contributed by atoms with E-state index in [2.05, 4.69) is 35.2 Å². The van der Waals surface area contributed by atoms with E-state index in [0.29, 0.717) is 5.92 Å². The van der Waals surface area contributed by atoms with Gasteiger partial charge in [-0.2, -0.15) is 0 Å². The summed E-state index contributed by atoms with van der Waals surface area (Å²) < 4.78 is 14.0. The molecule has 0 aliphatic rings. The number of benzene rings is 1. The summed E-state index contributed by atoms with van der Waals surface area (Å²) in [6.45, 7) is 4.25. The molecule has 0 aliphatic heterocycles. The van der Waals surface area contributed by atoms with E-state index in [1.807, 2.05) is 6.07 Å². The van der Waals surface area contributed by atoms with Crippen molar-refractivity contribution in [3.8, 4) is 0 Å². The predicted molar refractivity (Wildman–Crippen MR) is 68.2 cm³/mol. The van der Waals surface area contributed by atoms with E-state index in [1.165, 1.54) is 12.1 Å². The Kier molecular flexibility index (Phi) is 5.38. The van der Waals surface area contributed by atoms with Crippen LogP contribution in [0.2, 0.25) is 0 Å². The van der Waals surface area contributed by atoms with Crippen LogP contribution in [0.5, 0.6) is 0 Å². The minimum Gasteiger partial charge on any atom is -0.271 e. The van der Waals surface area contributed by atoms with Crippen molar-refractivity contribution in [2.45, 2.75) is 32.7 Å². The first-order valence-corrected chi connectivity index (χ1v) is 6.30. The van der Waals surface area contributed by atoms with Gasteiger partial charge in [0, 0.05) is 10.5 Å². The lowest BCUT2D eigenvalue weighted by molar-refractivity contribution is 0.367. The summed E-state index contributed by atoms with van der Waals surface area (Å²) in [6, 6.07) is 4.87. The molecule has 0 radical (unpaired) electrons. The molecule has 0 fully saturated rings. The summed E-state index contributed by atoms with van der Waals surface area (Å²) in [5, 5.41) is 0. The number of nitrogens with one attached hydrogen (secondary N) is 1. The zero-order chi connectivity index (χ0) is 12.1. The van der Waals surface area contributed by atoms with Crippen molar-refractivity contribution in [1.29, 1.82) is 0 Å². The average Bonchev–Trinajstić information content (AvgIpc) is 2.17. The Hall–Kier alpha value is -0.450. The number of hydrogen-bond donors (Lipinski definition) is 2. The lowest BCUT2D eigenvalue weighted by atomic mass is 9.91. The molecule has 2 atom stereocenters. The van der Waals surface area contributed by atoms with Crippen LogP contribution in [0, 0.1) is 11.7 Å². The van der Waals surface area contributed by atoms with Crippen LogP contribution in [0.4, 0.5) is 4.39 Å². The largest absolute Gasteiger partial charge is 0.271 e. The molecule has 1 rings (SSSR count). The molecule has 0 saturated carbocycles. The average molecular weight is 289 g/mol. The highest BCUT2D eigenvalue weighted by molar-refractivity contribution is 9.10. The Labute approximate surface area is 105 Å². The van der Waals surface area contributed by atoms with Crippen LogP contribution in [0.15, 0.2) is 22.7 Å². The highest BCUT2D eigenvalue weighted by Crippen LogP contribution is 2.27. The van der Waals surface area contributed by atoms with E-state index in [0.717, 1.165) is 22.9 Å². The second-order valence-electron chi connectivity index (χ2n) is 4.11. The van der Waals surface area contributed by atoms with Crippen LogP contribution in [0.25, 0.3) is 0 Å². The molecule has 2 unspecified atom stereocenters. The van der Waals surface area contributed by atoms with Gasteiger partial charge < -0.3 is 0 Å². The van der Waals surface area contributed by atoms with E-state index >= 15 is 0 Å². The summed E-state index contributed by atoms with van der Waals surface area (Å²) in [7, 11) is 0. The lowest BCUT2D eigenvalue weighted by Gasteiger charge is -2.23. The molecule has 0 saturated heterocycles. The number of hydrogen-bond acceptors (Lipinski definition) is 2. The van der Waals surface area contributed by atoms with E-state index in [-0.39, 0.29) is 11.9 Å². The van der Waals surface area contributed by atoms with Gasteiger partial charge in [0.15, 0.2) is 0 Å². The Morgan fingerprint density at radius 2 is 2.12 bits per heavy atom. The van der Waals surface area contributed by atoms with Gasteiger partial charge in [-0.3, -0.25) is 11.3 Å². The van der Waals surface area contributed by atoms with Gasteiger partial charge >= 0.3 is 0 Å². The van der Waals surface area contributed by atoms with Gasteiger partial charge in [-0.1, -0.05) is 36.2 Å². The topological polar surface area (TPSA) is 38.0 Å². The van der Waals surface area contributed by atoms with Crippen molar-refractivity contribution in [3.63, 3.8) is 0 Å². The number of rotatable bonds is 5. The third-order valence-corrected chi connectivity index (χ3v) is 3.19. The van der Waals surface area contributed by atoms with Gasteiger partial charge in [0.1, 0.15) is 5.82 Å². The van der Waals surface area contributed by atoms with Crippen molar-refractivity contribution >= 4 is 15.9 Å². The minimum absolute atomic E-state index is 0.00745. The van der Waals surface area contributed by atoms with Gasteiger partial charge in [-0.15, -0.1) is 0 Å². The Balaban J connectivity index is 2.94. The van der Waals surface area contributed by atoms with Gasteiger partial charge in [0.2, 0.25) is 0 Å². The van der Waals surface area contributed by atoms with Crippen molar-refractivity contribution < 1.29 is 4.39 Å². The predicted octanol–water partition coefficient (Wildman–Crippen LogP) is 3.53. The molecule has 0 heterocycles. The second-order valence-corrected chi connectivity index (χ2v) is 5.03. The van der Waals surface area contributed by atoms with Gasteiger partial charge in [-0.25, -0.2) is 4.39 Å². The number of hydrazine groups is 1. The fourth-order valence-electron chi connectivity index (χ4n) is 1.97. The smallest absolute Gasteiger partial charge is 0.124 e. The maximum absolute atomic E-state index is 13.3. The number of nitrogens with two attached hydrogens (primary N) is 1. The normalized spacial score (nSPS) is 14.8. The molecule has 2 nitrogen and oxygen atoms in total. The Morgan fingerprint density at radius 3 is 2.62 bits per heavy atom. The molecule has 0 bridgehead atoms. The zero-order valence-corrected chi connectivity index (χ0v) is 11.2. The molecule has 0 aliphatic carbocycles. The third kappa shape index (κ3) is 3.54. The summed E-state index contributed by atoms with van der Waals surface area (Å²) in [5.74, 6) is 5.68. The first kappa shape index (κ1) is 13.6. The molecule has 3 N–H and O–H groups in total. The first-order chi connectivity index (χ1) is 7.58. The number of halogens is 2. The van der Waals surface area contributed by atoms with Crippen molar-refractivity contribution in [2.24, 2.45) is 11.8 Å². The SMILES string of the molecule is CCCC(C)C(NN)c1cc(F)cc(Br)c1.